The summed E-state index contributed by atoms with van der Waals surface area (Å²) in [5, 5.41) is 0. The highest BCUT2D eigenvalue weighted by atomic mass is 16.6. The van der Waals surface area contributed by atoms with Crippen molar-refractivity contribution >= 4 is 17.8 Å². The van der Waals surface area contributed by atoms with Crippen LogP contribution in [-0.4, -0.2) is 65.5 Å². The fourth-order valence-electron chi connectivity index (χ4n) is 4.58. The van der Waals surface area contributed by atoms with E-state index in [9.17, 15) is 14.4 Å². The van der Waals surface area contributed by atoms with E-state index in [1.165, 1.54) is 0 Å². The highest BCUT2D eigenvalue weighted by Gasteiger charge is 2.61. The number of ether oxygens (including phenoxy) is 2. The molecule has 2 rings (SSSR count). The van der Waals surface area contributed by atoms with Crippen molar-refractivity contribution in [1.29, 1.82) is 0 Å². The van der Waals surface area contributed by atoms with Gasteiger partial charge in [0.2, 0.25) is 5.91 Å². The van der Waals surface area contributed by atoms with Crippen LogP contribution in [0.4, 0.5) is 0 Å². The number of benzene rings is 1. The van der Waals surface area contributed by atoms with Crippen molar-refractivity contribution in [3.8, 4) is 0 Å². The Hall–Kier alpha value is -2.41. The Labute approximate surface area is 185 Å². The fourth-order valence-corrected chi connectivity index (χ4v) is 4.58. The molecule has 1 aromatic carbocycles. The minimum Gasteiger partial charge on any atom is -0.465 e. The van der Waals surface area contributed by atoms with Crippen molar-refractivity contribution in [1.82, 2.24) is 9.80 Å². The zero-order chi connectivity index (χ0) is 23.2. The van der Waals surface area contributed by atoms with Gasteiger partial charge in [-0.1, -0.05) is 30.3 Å². The summed E-state index contributed by atoms with van der Waals surface area (Å²) in [5.41, 5.74) is -0.694. The van der Waals surface area contributed by atoms with Crippen molar-refractivity contribution in [3.05, 3.63) is 35.9 Å². The molecule has 1 aliphatic rings. The molecule has 0 aliphatic carbocycles. The summed E-state index contributed by atoms with van der Waals surface area (Å²) in [4.78, 5) is 43.7. The number of carbonyl (C=O) groups excluding carboxylic acids is 3. The van der Waals surface area contributed by atoms with Gasteiger partial charge in [-0.15, -0.1) is 0 Å². The maximum absolute atomic E-state index is 13.3. The molecule has 0 saturated carbocycles. The number of likely N-dealkylation sites (tertiary alicyclic amines) is 1. The molecule has 172 valence electrons. The summed E-state index contributed by atoms with van der Waals surface area (Å²) in [7, 11) is 0. The van der Waals surface area contributed by atoms with Crippen LogP contribution in [0.15, 0.2) is 30.3 Å². The van der Waals surface area contributed by atoms with E-state index >= 15 is 0 Å². The monoisotopic (exact) mass is 432 g/mol. The molecule has 1 heterocycles. The molecular weight excluding hydrogens is 396 g/mol. The number of piperidine rings is 1. The van der Waals surface area contributed by atoms with Crippen LogP contribution in [0.5, 0.6) is 0 Å². The van der Waals surface area contributed by atoms with Crippen molar-refractivity contribution in [2.45, 2.75) is 72.6 Å². The average Bonchev–Trinajstić information content (AvgIpc) is 2.70. The highest BCUT2D eigenvalue weighted by Crippen LogP contribution is 2.40. The molecule has 7 heteroatoms. The number of hydrogen-bond donors (Lipinski definition) is 0. The third-order valence-corrected chi connectivity index (χ3v) is 5.79. The second-order valence-corrected chi connectivity index (χ2v) is 8.50. The summed E-state index contributed by atoms with van der Waals surface area (Å²) in [5.74, 6) is -1.62. The zero-order valence-corrected chi connectivity index (χ0v) is 19.6. The molecule has 1 amide bonds. The number of nitrogens with zero attached hydrogens (tertiary/aromatic N) is 2. The molecule has 0 radical (unpaired) electrons. The molecule has 1 unspecified atom stereocenters. The van der Waals surface area contributed by atoms with Gasteiger partial charge in [-0.2, -0.15) is 0 Å². The van der Waals surface area contributed by atoms with Gasteiger partial charge in [-0.25, -0.2) is 0 Å². The van der Waals surface area contributed by atoms with Crippen molar-refractivity contribution in [3.63, 3.8) is 0 Å². The maximum Gasteiger partial charge on any atom is 0.325 e. The van der Waals surface area contributed by atoms with E-state index in [1.54, 1.807) is 18.7 Å². The standard InChI is InChI=1S/C24H36N2O5/c1-7-30-22(28)24(23(29)31-8-2)14-21(27)25(15-19-12-10-9-11-13-19)16-20(24)26(17(3)4)18(5)6/h9-13,17-18,20H,7-8,14-16H2,1-6H3. The van der Waals surface area contributed by atoms with Gasteiger partial charge in [-0.05, 0) is 47.1 Å². The van der Waals surface area contributed by atoms with E-state index in [-0.39, 0.29) is 44.2 Å². The van der Waals surface area contributed by atoms with Gasteiger partial charge >= 0.3 is 11.9 Å². The minimum absolute atomic E-state index is 0.0417. The van der Waals surface area contributed by atoms with Gasteiger partial charge in [0, 0.05) is 25.2 Å². The van der Waals surface area contributed by atoms with Crippen LogP contribution in [-0.2, 0) is 30.4 Å². The minimum atomic E-state index is -1.69. The highest BCUT2D eigenvalue weighted by molar-refractivity contribution is 6.05. The van der Waals surface area contributed by atoms with Gasteiger partial charge in [0.15, 0.2) is 5.41 Å². The average molecular weight is 433 g/mol. The molecule has 0 bridgehead atoms. The van der Waals surface area contributed by atoms with Gasteiger partial charge in [0.1, 0.15) is 0 Å². The third kappa shape index (κ3) is 5.26. The van der Waals surface area contributed by atoms with Crippen molar-refractivity contribution in [2.75, 3.05) is 19.8 Å². The van der Waals surface area contributed by atoms with Gasteiger partial charge < -0.3 is 14.4 Å². The van der Waals surface area contributed by atoms with Crippen molar-refractivity contribution in [2.24, 2.45) is 5.41 Å². The molecule has 0 aromatic heterocycles. The largest absolute Gasteiger partial charge is 0.465 e. The summed E-state index contributed by atoms with van der Waals surface area (Å²) in [6.45, 7) is 12.4. The van der Waals surface area contributed by atoms with E-state index < -0.39 is 23.4 Å². The first-order chi connectivity index (χ1) is 14.7. The smallest absolute Gasteiger partial charge is 0.325 e. The van der Waals surface area contributed by atoms with E-state index in [0.717, 1.165) is 5.56 Å². The molecule has 1 fully saturated rings. The predicted octanol–water partition coefficient (Wildman–Crippen LogP) is 3.02. The van der Waals surface area contributed by atoms with Crippen LogP contribution in [0.1, 0.15) is 53.5 Å². The lowest BCUT2D eigenvalue weighted by Crippen LogP contribution is -2.68. The quantitative estimate of drug-likeness (QED) is 0.441. The van der Waals surface area contributed by atoms with E-state index in [0.29, 0.717) is 6.54 Å². The van der Waals surface area contributed by atoms with Gasteiger partial charge in [0.25, 0.3) is 0 Å². The number of amides is 1. The first-order valence-electron chi connectivity index (χ1n) is 11.1. The van der Waals surface area contributed by atoms with Crippen LogP contribution in [0.3, 0.4) is 0 Å². The van der Waals surface area contributed by atoms with E-state index in [1.807, 2.05) is 58.0 Å². The number of esters is 2. The fraction of sp³-hybridized carbons (Fsp3) is 0.625. The Morgan fingerprint density at radius 1 is 1.03 bits per heavy atom. The molecule has 1 aromatic rings. The molecular formula is C24H36N2O5. The summed E-state index contributed by atoms with van der Waals surface area (Å²) in [6, 6.07) is 9.23. The second-order valence-electron chi connectivity index (χ2n) is 8.50. The van der Waals surface area contributed by atoms with Crippen LogP contribution in [0.2, 0.25) is 0 Å². The number of hydrogen-bond acceptors (Lipinski definition) is 6. The Balaban J connectivity index is 2.56. The molecule has 7 nitrogen and oxygen atoms in total. The lowest BCUT2D eigenvalue weighted by atomic mass is 9.72. The van der Waals surface area contributed by atoms with E-state index in [2.05, 4.69) is 4.90 Å². The zero-order valence-electron chi connectivity index (χ0n) is 19.6. The Morgan fingerprint density at radius 3 is 2.00 bits per heavy atom. The Morgan fingerprint density at radius 2 is 1.55 bits per heavy atom. The lowest BCUT2D eigenvalue weighted by molar-refractivity contribution is -0.188. The molecule has 0 spiro atoms. The second kappa shape index (κ2) is 10.8. The third-order valence-electron chi connectivity index (χ3n) is 5.79. The Bertz CT molecular complexity index is 736. The van der Waals surface area contributed by atoms with Gasteiger partial charge in [-0.3, -0.25) is 19.3 Å². The normalized spacial score (nSPS) is 18.5. The van der Waals surface area contributed by atoms with Crippen LogP contribution in [0.25, 0.3) is 0 Å². The first kappa shape index (κ1) is 24.9. The van der Waals surface area contributed by atoms with Crippen LogP contribution >= 0.6 is 0 Å². The first-order valence-corrected chi connectivity index (χ1v) is 11.1. The molecule has 1 aliphatic heterocycles. The summed E-state index contributed by atoms with van der Waals surface area (Å²) < 4.78 is 10.7. The molecule has 0 N–H and O–H groups in total. The summed E-state index contributed by atoms with van der Waals surface area (Å²) in [6.07, 6.45) is -0.266. The maximum atomic E-state index is 13.3. The molecule has 1 saturated heterocycles. The summed E-state index contributed by atoms with van der Waals surface area (Å²) >= 11 is 0. The van der Waals surface area contributed by atoms with Crippen LogP contribution < -0.4 is 0 Å². The molecule has 31 heavy (non-hydrogen) atoms. The number of rotatable bonds is 9. The Kier molecular flexibility index (Phi) is 8.62. The topological polar surface area (TPSA) is 76.2 Å². The number of carbonyl (C=O) groups is 3. The van der Waals surface area contributed by atoms with Crippen LogP contribution in [0, 0.1) is 5.41 Å². The van der Waals surface area contributed by atoms with E-state index in [4.69, 9.17) is 9.47 Å². The van der Waals surface area contributed by atoms with Gasteiger partial charge in [0.05, 0.1) is 25.7 Å². The predicted molar refractivity (Wildman–Crippen MR) is 118 cm³/mol. The SMILES string of the molecule is CCOC(=O)C1(C(=O)OCC)CC(=O)N(Cc2ccccc2)CC1N(C(C)C)C(C)C. The molecule has 1 atom stereocenters. The lowest BCUT2D eigenvalue weighted by Gasteiger charge is -2.50. The van der Waals surface area contributed by atoms with Crippen molar-refractivity contribution < 1.29 is 23.9 Å².